The first-order valence-electron chi connectivity index (χ1n) is 11.0. The molecule has 3 N–H and O–H groups in total. The summed E-state index contributed by atoms with van der Waals surface area (Å²) in [5, 5.41) is 8.92. The molecule has 2 aliphatic rings. The van der Waals surface area contributed by atoms with Gasteiger partial charge in [0.05, 0.1) is 12.1 Å². The van der Waals surface area contributed by atoms with Crippen LogP contribution in [0.1, 0.15) is 28.9 Å². The van der Waals surface area contributed by atoms with E-state index in [1.165, 1.54) is 0 Å². The van der Waals surface area contributed by atoms with E-state index in [9.17, 15) is 4.79 Å². The maximum Gasteiger partial charge on any atom is 0.272 e. The first kappa shape index (κ1) is 20.0. The lowest BCUT2D eigenvalue weighted by molar-refractivity contribution is 0.00837. The molecule has 3 atom stereocenters. The molecule has 162 valence electrons. The summed E-state index contributed by atoms with van der Waals surface area (Å²) in [6.45, 7) is 2.70. The zero-order valence-corrected chi connectivity index (χ0v) is 18.2. The SMILES string of the molecule is CN1C[C@H]2CC(NC(=O)c3nn(Cc4ccc(N)cc4)c4ccccc34)C[C@@H](C1)N2C. The lowest BCUT2D eigenvalue weighted by atomic mass is 9.88. The van der Waals surface area contributed by atoms with Crippen molar-refractivity contribution in [3.63, 3.8) is 0 Å². The van der Waals surface area contributed by atoms with E-state index in [2.05, 4.69) is 29.2 Å². The van der Waals surface area contributed by atoms with Crippen molar-refractivity contribution in [2.24, 2.45) is 0 Å². The normalized spacial score (nSPS) is 24.4. The van der Waals surface area contributed by atoms with Gasteiger partial charge in [0.25, 0.3) is 5.91 Å². The number of aromatic nitrogens is 2. The number of likely N-dealkylation sites (N-methyl/N-ethyl adjacent to an activating group) is 2. The van der Waals surface area contributed by atoms with Gasteiger partial charge < -0.3 is 16.0 Å². The van der Waals surface area contributed by atoms with Crippen LogP contribution in [0.2, 0.25) is 0 Å². The Bertz CT molecular complexity index is 1080. The van der Waals surface area contributed by atoms with Gasteiger partial charge in [-0.3, -0.25) is 14.4 Å². The largest absolute Gasteiger partial charge is 0.399 e. The van der Waals surface area contributed by atoms with Crippen LogP contribution >= 0.6 is 0 Å². The number of piperidine rings is 1. The number of fused-ring (bicyclic) bond motifs is 3. The molecule has 0 aliphatic carbocycles. The maximum absolute atomic E-state index is 13.3. The summed E-state index contributed by atoms with van der Waals surface area (Å²) in [5.74, 6) is -0.0757. The Kier molecular flexibility index (Phi) is 5.16. The predicted molar refractivity (Wildman–Crippen MR) is 123 cm³/mol. The molecule has 3 aromatic rings. The van der Waals surface area contributed by atoms with Crippen LogP contribution in [0, 0.1) is 0 Å². The summed E-state index contributed by atoms with van der Waals surface area (Å²) in [6.07, 6.45) is 1.96. The number of benzene rings is 2. The number of likely N-dealkylation sites (tertiary alicyclic amines) is 1. The lowest BCUT2D eigenvalue weighted by Crippen LogP contribution is -2.63. The molecule has 0 radical (unpaired) electrons. The van der Waals surface area contributed by atoms with Gasteiger partial charge in [-0.05, 0) is 50.7 Å². The third-order valence-corrected chi connectivity index (χ3v) is 6.83. The number of carbonyl (C=O) groups is 1. The highest BCUT2D eigenvalue weighted by atomic mass is 16.2. The number of nitrogens with zero attached hydrogens (tertiary/aromatic N) is 4. The minimum atomic E-state index is -0.0757. The van der Waals surface area contributed by atoms with E-state index in [0.29, 0.717) is 24.3 Å². The van der Waals surface area contributed by atoms with Crippen molar-refractivity contribution in [2.45, 2.75) is 37.5 Å². The number of carbonyl (C=O) groups excluding carboxylic acids is 1. The molecule has 1 unspecified atom stereocenters. The Hall–Kier alpha value is -2.90. The monoisotopic (exact) mass is 418 g/mol. The Morgan fingerprint density at radius 1 is 1.06 bits per heavy atom. The van der Waals surface area contributed by atoms with Gasteiger partial charge in [-0.1, -0.05) is 30.3 Å². The van der Waals surface area contributed by atoms with Crippen molar-refractivity contribution in [2.75, 3.05) is 32.9 Å². The number of hydrogen-bond donors (Lipinski definition) is 2. The highest BCUT2D eigenvalue weighted by molar-refractivity contribution is 6.05. The van der Waals surface area contributed by atoms with E-state index in [1.54, 1.807) is 0 Å². The molecule has 7 heteroatoms. The van der Waals surface area contributed by atoms with Gasteiger partial charge in [0, 0.05) is 42.3 Å². The number of anilines is 1. The topological polar surface area (TPSA) is 79.4 Å². The van der Waals surface area contributed by atoms with Crippen LogP contribution in [0.3, 0.4) is 0 Å². The summed E-state index contributed by atoms with van der Waals surface area (Å²) < 4.78 is 1.91. The van der Waals surface area contributed by atoms with Gasteiger partial charge in [0.1, 0.15) is 0 Å². The van der Waals surface area contributed by atoms with Gasteiger partial charge in [-0.2, -0.15) is 5.10 Å². The van der Waals surface area contributed by atoms with Crippen molar-refractivity contribution in [1.29, 1.82) is 0 Å². The third kappa shape index (κ3) is 3.91. The number of nitrogens with one attached hydrogen (secondary N) is 1. The fourth-order valence-corrected chi connectivity index (χ4v) is 5.17. The average Bonchev–Trinajstić information content (AvgIpc) is 3.10. The molecular weight excluding hydrogens is 388 g/mol. The lowest BCUT2D eigenvalue weighted by Gasteiger charge is -2.50. The van der Waals surface area contributed by atoms with Gasteiger partial charge in [-0.25, -0.2) is 0 Å². The number of nitrogen functional groups attached to an aromatic ring is 1. The second-order valence-electron chi connectivity index (χ2n) is 9.10. The van der Waals surface area contributed by atoms with Gasteiger partial charge in [-0.15, -0.1) is 0 Å². The van der Waals surface area contributed by atoms with Crippen LogP contribution in [0.5, 0.6) is 0 Å². The minimum Gasteiger partial charge on any atom is -0.399 e. The van der Waals surface area contributed by atoms with Gasteiger partial charge in [0.15, 0.2) is 5.69 Å². The second-order valence-corrected chi connectivity index (χ2v) is 9.10. The van der Waals surface area contributed by atoms with Crippen LogP contribution in [0.4, 0.5) is 5.69 Å². The van der Waals surface area contributed by atoms with Crippen LogP contribution in [-0.2, 0) is 6.54 Å². The number of nitrogens with two attached hydrogens (primary N) is 1. The molecule has 3 heterocycles. The summed E-state index contributed by atoms with van der Waals surface area (Å²) in [6, 6.07) is 16.9. The van der Waals surface area contributed by atoms with E-state index >= 15 is 0 Å². The maximum atomic E-state index is 13.3. The van der Waals surface area contributed by atoms with Crippen LogP contribution < -0.4 is 11.1 Å². The van der Waals surface area contributed by atoms with E-state index in [-0.39, 0.29) is 11.9 Å². The van der Waals surface area contributed by atoms with Crippen molar-refractivity contribution < 1.29 is 4.79 Å². The van der Waals surface area contributed by atoms with Crippen LogP contribution in [0.25, 0.3) is 10.9 Å². The molecule has 5 rings (SSSR count). The summed E-state index contributed by atoms with van der Waals surface area (Å²) in [7, 11) is 4.40. The predicted octanol–water partition coefficient (Wildman–Crippen LogP) is 2.17. The molecule has 2 aromatic carbocycles. The molecule has 2 aliphatic heterocycles. The highest BCUT2D eigenvalue weighted by Gasteiger charge is 2.38. The fourth-order valence-electron chi connectivity index (χ4n) is 5.17. The van der Waals surface area contributed by atoms with Gasteiger partial charge >= 0.3 is 0 Å². The van der Waals surface area contributed by atoms with Gasteiger partial charge in [0.2, 0.25) is 0 Å². The number of rotatable bonds is 4. The number of para-hydroxylation sites is 1. The molecule has 0 spiro atoms. The zero-order valence-electron chi connectivity index (χ0n) is 18.2. The first-order chi connectivity index (χ1) is 15.0. The van der Waals surface area contributed by atoms with E-state index in [0.717, 1.165) is 48.1 Å². The Labute approximate surface area is 182 Å². The first-order valence-corrected chi connectivity index (χ1v) is 11.0. The van der Waals surface area contributed by atoms with E-state index in [4.69, 9.17) is 10.8 Å². The number of piperazine rings is 1. The van der Waals surface area contributed by atoms with Crippen LogP contribution in [-0.4, -0.2) is 70.8 Å². The Balaban J connectivity index is 1.37. The third-order valence-electron chi connectivity index (χ3n) is 6.83. The summed E-state index contributed by atoms with van der Waals surface area (Å²) in [4.78, 5) is 18.2. The molecule has 1 amide bonds. The second kappa shape index (κ2) is 7.98. The number of hydrogen-bond acceptors (Lipinski definition) is 5. The average molecular weight is 419 g/mol. The van der Waals surface area contributed by atoms with Crippen LogP contribution in [0.15, 0.2) is 48.5 Å². The molecule has 2 saturated heterocycles. The van der Waals surface area contributed by atoms with Crippen molar-refractivity contribution >= 4 is 22.5 Å². The van der Waals surface area contributed by atoms with E-state index in [1.807, 2.05) is 53.2 Å². The molecule has 2 bridgehead atoms. The zero-order chi connectivity index (χ0) is 21.5. The summed E-state index contributed by atoms with van der Waals surface area (Å²) in [5.41, 5.74) is 9.12. The quantitative estimate of drug-likeness (QED) is 0.635. The Morgan fingerprint density at radius 2 is 1.74 bits per heavy atom. The van der Waals surface area contributed by atoms with Crippen molar-refractivity contribution in [1.82, 2.24) is 24.9 Å². The molecule has 7 nitrogen and oxygen atoms in total. The van der Waals surface area contributed by atoms with Crippen molar-refractivity contribution in [3.8, 4) is 0 Å². The summed E-state index contributed by atoms with van der Waals surface area (Å²) >= 11 is 0. The standard InChI is InChI=1S/C24H30N6O/c1-28-14-19-11-18(12-20(15-28)29(19)2)26-24(31)23-21-5-3-4-6-22(21)30(27-23)13-16-7-9-17(25)10-8-16/h3-10,18-20H,11-15,25H2,1-2H3,(H,26,31)/t18?,19-,20+. The molecule has 0 saturated carbocycles. The Morgan fingerprint density at radius 3 is 2.45 bits per heavy atom. The highest BCUT2D eigenvalue weighted by Crippen LogP contribution is 2.27. The van der Waals surface area contributed by atoms with Crippen molar-refractivity contribution in [3.05, 3.63) is 59.8 Å². The number of amides is 1. The molecular formula is C24H30N6O. The minimum absolute atomic E-state index is 0.0757. The fraction of sp³-hybridized carbons (Fsp3) is 0.417. The molecule has 1 aromatic heterocycles. The molecule has 31 heavy (non-hydrogen) atoms. The van der Waals surface area contributed by atoms with E-state index < -0.39 is 0 Å². The molecule has 2 fully saturated rings. The smallest absolute Gasteiger partial charge is 0.272 e.